The second kappa shape index (κ2) is 6.07. The molecule has 0 aliphatic rings. The summed E-state index contributed by atoms with van der Waals surface area (Å²) in [6, 6.07) is 0. The molecule has 1 radical (unpaired) electrons. The molecule has 1 nitrogen and oxygen atoms in total. The fourth-order valence-corrected chi connectivity index (χ4v) is 10.4. The SMILES string of the molecule is C[CH](C)[Ge]([CH](C)C)[CH](C)C.O. The Bertz CT molecular complexity index is 70.5. The molecule has 0 heterocycles. The maximum absolute atomic E-state index is 2.40. The fraction of sp³-hybridized carbons (Fsp3) is 1.00. The van der Waals surface area contributed by atoms with Gasteiger partial charge < -0.3 is 5.48 Å². The molecule has 0 aromatic rings. The van der Waals surface area contributed by atoms with E-state index in [1.807, 2.05) is 0 Å². The van der Waals surface area contributed by atoms with Gasteiger partial charge in [0.05, 0.1) is 0 Å². The van der Waals surface area contributed by atoms with Gasteiger partial charge >= 0.3 is 70.1 Å². The predicted octanol–water partition coefficient (Wildman–Crippen LogP) is 2.89. The Hall–Kier alpha value is 0.503. The minimum absolute atomic E-state index is 0. The van der Waals surface area contributed by atoms with E-state index < -0.39 is 14.3 Å². The average Bonchev–Trinajstić information content (AvgIpc) is 1.59. The van der Waals surface area contributed by atoms with Gasteiger partial charge in [0.15, 0.2) is 0 Å². The molecule has 0 aromatic heterocycles. The van der Waals surface area contributed by atoms with Crippen LogP contribution in [-0.2, 0) is 0 Å². The molecule has 0 fully saturated rings. The van der Waals surface area contributed by atoms with Crippen LogP contribution in [0.1, 0.15) is 41.5 Å². The quantitative estimate of drug-likeness (QED) is 0.654. The van der Waals surface area contributed by atoms with Crippen LogP contribution in [0.15, 0.2) is 0 Å². The summed E-state index contributed by atoms with van der Waals surface area (Å²) in [5.74, 6) is 0. The van der Waals surface area contributed by atoms with Crippen molar-refractivity contribution in [2.24, 2.45) is 0 Å². The third-order valence-electron chi connectivity index (χ3n) is 2.00. The van der Waals surface area contributed by atoms with Crippen LogP contribution in [-0.4, -0.2) is 19.8 Å². The van der Waals surface area contributed by atoms with Crippen LogP contribution in [0.5, 0.6) is 0 Å². The maximum atomic E-state index is 2.40. The molecule has 0 spiro atoms. The monoisotopic (exact) mass is 221 g/mol. The Kier molecular flexibility index (Phi) is 7.75. The van der Waals surface area contributed by atoms with E-state index in [1.54, 1.807) is 0 Å². The smallest absolute Gasteiger partial charge is 0.412 e. The van der Waals surface area contributed by atoms with Crippen molar-refractivity contribution in [2.75, 3.05) is 0 Å². The molecule has 0 amide bonds. The summed E-state index contributed by atoms with van der Waals surface area (Å²) in [4.78, 5) is 0. The Balaban J connectivity index is 0. The van der Waals surface area contributed by atoms with Gasteiger partial charge in [-0.3, -0.25) is 0 Å². The first-order valence-electron chi connectivity index (χ1n) is 4.33. The molecule has 0 atom stereocenters. The van der Waals surface area contributed by atoms with Crippen LogP contribution in [0.2, 0.25) is 14.3 Å². The van der Waals surface area contributed by atoms with Crippen molar-refractivity contribution in [3.63, 3.8) is 0 Å². The molecule has 0 aromatic carbocycles. The second-order valence-electron chi connectivity index (χ2n) is 3.96. The minimum Gasteiger partial charge on any atom is -0.412 e. The third-order valence-corrected chi connectivity index (χ3v) is 10.4. The van der Waals surface area contributed by atoms with E-state index >= 15 is 0 Å². The zero-order valence-electron chi connectivity index (χ0n) is 8.73. The van der Waals surface area contributed by atoms with E-state index in [0.29, 0.717) is 0 Å². The summed E-state index contributed by atoms with van der Waals surface area (Å²) in [7, 11) is 0. The Labute approximate surface area is 76.0 Å². The molecule has 0 saturated carbocycles. The van der Waals surface area contributed by atoms with Crippen molar-refractivity contribution in [3.8, 4) is 0 Å². The van der Waals surface area contributed by atoms with Gasteiger partial charge in [-0.2, -0.15) is 0 Å². The van der Waals surface area contributed by atoms with Crippen LogP contribution in [0.25, 0.3) is 0 Å². The topological polar surface area (TPSA) is 31.5 Å². The van der Waals surface area contributed by atoms with Crippen molar-refractivity contribution >= 4 is 14.3 Å². The van der Waals surface area contributed by atoms with E-state index in [1.165, 1.54) is 0 Å². The van der Waals surface area contributed by atoms with Crippen molar-refractivity contribution in [1.82, 2.24) is 0 Å². The van der Waals surface area contributed by atoms with Crippen LogP contribution in [0, 0.1) is 0 Å². The van der Waals surface area contributed by atoms with Gasteiger partial charge in [-0.15, -0.1) is 0 Å². The number of rotatable bonds is 3. The molecular formula is C9H23GeO. The van der Waals surface area contributed by atoms with Crippen molar-refractivity contribution in [2.45, 2.75) is 55.8 Å². The van der Waals surface area contributed by atoms with E-state index in [4.69, 9.17) is 0 Å². The van der Waals surface area contributed by atoms with E-state index in [9.17, 15) is 0 Å². The zero-order chi connectivity index (χ0) is 8.31. The average molecular weight is 220 g/mol. The van der Waals surface area contributed by atoms with E-state index in [-0.39, 0.29) is 5.48 Å². The molecule has 2 N–H and O–H groups in total. The summed E-state index contributed by atoms with van der Waals surface area (Å²) in [5.41, 5.74) is 0. The largest absolute Gasteiger partial charge is 0.412 e. The van der Waals surface area contributed by atoms with Gasteiger partial charge in [-0.05, 0) is 0 Å². The van der Waals surface area contributed by atoms with Gasteiger partial charge in [0.25, 0.3) is 0 Å². The normalized spacial score (nSPS) is 11.5. The second-order valence-corrected chi connectivity index (χ2v) is 13.3. The minimum atomic E-state index is -0.722. The van der Waals surface area contributed by atoms with Crippen LogP contribution >= 0.6 is 0 Å². The Morgan fingerprint density at radius 2 is 0.818 bits per heavy atom. The van der Waals surface area contributed by atoms with E-state index in [0.717, 1.165) is 14.3 Å². The van der Waals surface area contributed by atoms with E-state index in [2.05, 4.69) is 41.5 Å². The molecule has 2 heteroatoms. The molecule has 0 saturated heterocycles. The summed E-state index contributed by atoms with van der Waals surface area (Å²) < 4.78 is 3.00. The summed E-state index contributed by atoms with van der Waals surface area (Å²) in [6.45, 7) is 14.4. The fourth-order valence-electron chi connectivity index (χ4n) is 2.00. The summed E-state index contributed by atoms with van der Waals surface area (Å²) >= 11 is -0.722. The first kappa shape index (κ1) is 14.1. The van der Waals surface area contributed by atoms with Gasteiger partial charge in [0.2, 0.25) is 0 Å². The van der Waals surface area contributed by atoms with Gasteiger partial charge in [-0.1, -0.05) is 0 Å². The summed E-state index contributed by atoms with van der Waals surface area (Å²) in [5, 5.41) is 0. The molecule has 0 aliphatic heterocycles. The van der Waals surface area contributed by atoms with Crippen LogP contribution in [0.4, 0.5) is 0 Å². The first-order valence-corrected chi connectivity index (χ1v) is 7.96. The van der Waals surface area contributed by atoms with Gasteiger partial charge in [0, 0.05) is 0 Å². The maximum Gasteiger partial charge on any atom is -0.412 e. The Morgan fingerprint density at radius 3 is 0.818 bits per heavy atom. The molecule has 11 heavy (non-hydrogen) atoms. The van der Waals surface area contributed by atoms with Crippen LogP contribution < -0.4 is 0 Å². The predicted molar refractivity (Wildman–Crippen MR) is 54.7 cm³/mol. The molecule has 0 unspecified atom stereocenters. The molecule has 69 valence electrons. The molecule has 0 aliphatic carbocycles. The van der Waals surface area contributed by atoms with Gasteiger partial charge in [0.1, 0.15) is 0 Å². The Morgan fingerprint density at radius 1 is 0.636 bits per heavy atom. The third kappa shape index (κ3) is 4.86. The molecular weight excluding hydrogens is 197 g/mol. The van der Waals surface area contributed by atoms with Crippen molar-refractivity contribution in [1.29, 1.82) is 0 Å². The van der Waals surface area contributed by atoms with Crippen molar-refractivity contribution in [3.05, 3.63) is 0 Å². The van der Waals surface area contributed by atoms with Crippen molar-refractivity contribution < 1.29 is 5.48 Å². The molecule has 0 rings (SSSR count). The summed E-state index contributed by atoms with van der Waals surface area (Å²) in [6.07, 6.45) is 0. The zero-order valence-corrected chi connectivity index (χ0v) is 10.8. The van der Waals surface area contributed by atoms with Gasteiger partial charge in [-0.25, -0.2) is 0 Å². The first-order chi connectivity index (χ1) is 4.46. The van der Waals surface area contributed by atoms with Crippen LogP contribution in [0.3, 0.4) is 0 Å². The standard InChI is InChI=1S/C9H21Ge.H2O/c1-7(2)10(8(3)4)9(5)6;/h7-9H,1-6H3;1H2. The molecule has 0 bridgehead atoms. The number of hydrogen-bond acceptors (Lipinski definition) is 0. The number of hydrogen-bond donors (Lipinski definition) is 0.